The first-order valence-corrected chi connectivity index (χ1v) is 4.34. The topological polar surface area (TPSA) is 23.8 Å². The lowest BCUT2D eigenvalue weighted by Crippen LogP contribution is -1.93. The molecule has 0 radical (unpaired) electrons. The Morgan fingerprint density at radius 1 is 1.80 bits per heavy atom. The summed E-state index contributed by atoms with van der Waals surface area (Å²) in [5, 5.41) is 8.59. The van der Waals surface area contributed by atoms with Crippen molar-refractivity contribution < 1.29 is 0 Å². The molecule has 0 spiro atoms. The summed E-state index contributed by atoms with van der Waals surface area (Å²) in [6.45, 7) is 3.53. The van der Waals surface area contributed by atoms with Gasteiger partial charge >= 0.3 is 0 Å². The number of hydrogen-bond donors (Lipinski definition) is 0. The molecule has 10 heavy (non-hydrogen) atoms. The largest absolute Gasteiger partial charge is 0.197 e. The van der Waals surface area contributed by atoms with E-state index in [1.54, 1.807) is 17.8 Å². The number of thioether (sulfide) groups is 1. The van der Waals surface area contributed by atoms with Crippen LogP contribution in [0.4, 0.5) is 0 Å². The van der Waals surface area contributed by atoms with Crippen molar-refractivity contribution in [3.8, 4) is 6.07 Å². The number of nitriles is 1. The van der Waals surface area contributed by atoms with E-state index in [0.717, 1.165) is 6.42 Å². The van der Waals surface area contributed by atoms with Crippen LogP contribution in [0, 0.1) is 11.3 Å². The van der Waals surface area contributed by atoms with Gasteiger partial charge < -0.3 is 0 Å². The number of nitrogens with zero attached hydrogens (tertiary/aromatic N) is 1. The smallest absolute Gasteiger partial charge is 0.0948 e. The normalized spacial score (nSPS) is 12.8. The summed E-state index contributed by atoms with van der Waals surface area (Å²) in [4.78, 5) is 0. The molecule has 0 aliphatic carbocycles. The van der Waals surface area contributed by atoms with Gasteiger partial charge in [-0.1, -0.05) is 24.8 Å². The molecule has 54 valence electrons. The molecular weight excluding hydrogens is 142 g/mol. The third kappa shape index (κ3) is 4.22. The van der Waals surface area contributed by atoms with E-state index >= 15 is 0 Å². The molecule has 0 fully saturated rings. The molecule has 0 N–H and O–H groups in total. The zero-order chi connectivity index (χ0) is 7.82. The van der Waals surface area contributed by atoms with Gasteiger partial charge in [-0.15, -0.1) is 11.8 Å². The van der Waals surface area contributed by atoms with Gasteiger partial charge in [0.1, 0.15) is 0 Å². The summed E-state index contributed by atoms with van der Waals surface area (Å²) in [6.07, 6.45) is 8.28. The molecule has 0 rings (SSSR count). The number of allylic oxidation sites excluding steroid dienone is 3. The summed E-state index contributed by atoms with van der Waals surface area (Å²) in [5.41, 5.74) is 0. The van der Waals surface area contributed by atoms with Crippen LogP contribution in [0.1, 0.15) is 6.42 Å². The van der Waals surface area contributed by atoms with Crippen molar-refractivity contribution in [1.29, 1.82) is 5.26 Å². The molecule has 1 unspecified atom stereocenters. The minimum absolute atomic E-state index is 0.0937. The van der Waals surface area contributed by atoms with E-state index in [2.05, 4.69) is 12.6 Å². The summed E-state index contributed by atoms with van der Waals surface area (Å²) in [7, 11) is 0. The SMILES string of the molecule is C=C/C=C/CC(C#N)SC. The van der Waals surface area contributed by atoms with Gasteiger partial charge in [0.2, 0.25) is 0 Å². The lowest BCUT2D eigenvalue weighted by molar-refractivity contribution is 1.08. The van der Waals surface area contributed by atoms with E-state index in [4.69, 9.17) is 5.26 Å². The van der Waals surface area contributed by atoms with E-state index in [0.29, 0.717) is 0 Å². The third-order valence-electron chi connectivity index (χ3n) is 1.05. The van der Waals surface area contributed by atoms with Crippen LogP contribution in [0.2, 0.25) is 0 Å². The minimum Gasteiger partial charge on any atom is -0.197 e. The monoisotopic (exact) mass is 153 g/mol. The van der Waals surface area contributed by atoms with Crippen molar-refractivity contribution in [2.75, 3.05) is 6.26 Å². The predicted molar refractivity (Wildman–Crippen MR) is 46.9 cm³/mol. The summed E-state index contributed by atoms with van der Waals surface area (Å²) >= 11 is 1.57. The first-order chi connectivity index (χ1) is 4.85. The molecule has 0 aromatic rings. The zero-order valence-corrected chi connectivity index (χ0v) is 6.90. The van der Waals surface area contributed by atoms with E-state index < -0.39 is 0 Å². The van der Waals surface area contributed by atoms with Gasteiger partial charge in [-0.3, -0.25) is 0 Å². The van der Waals surface area contributed by atoms with Crippen molar-refractivity contribution in [2.24, 2.45) is 0 Å². The molecule has 0 aromatic heterocycles. The van der Waals surface area contributed by atoms with Crippen LogP contribution in [0.3, 0.4) is 0 Å². The highest BCUT2D eigenvalue weighted by Gasteiger charge is 1.99. The highest BCUT2D eigenvalue weighted by molar-refractivity contribution is 7.99. The molecule has 1 nitrogen and oxygen atoms in total. The third-order valence-corrected chi connectivity index (χ3v) is 1.92. The van der Waals surface area contributed by atoms with Gasteiger partial charge in [-0.05, 0) is 12.7 Å². The summed E-state index contributed by atoms with van der Waals surface area (Å²) in [6, 6.07) is 2.19. The Morgan fingerprint density at radius 3 is 2.90 bits per heavy atom. The maximum atomic E-state index is 8.49. The lowest BCUT2D eigenvalue weighted by Gasteiger charge is -1.97. The lowest BCUT2D eigenvalue weighted by atomic mass is 10.3. The quantitative estimate of drug-likeness (QED) is 0.579. The Hall–Kier alpha value is -0.680. The van der Waals surface area contributed by atoms with Gasteiger partial charge in [0.05, 0.1) is 11.3 Å². The molecule has 0 aromatic carbocycles. The average Bonchev–Trinajstić information content (AvgIpc) is 1.99. The van der Waals surface area contributed by atoms with Crippen LogP contribution < -0.4 is 0 Å². The molecule has 0 aliphatic heterocycles. The minimum atomic E-state index is 0.0937. The molecule has 0 saturated carbocycles. The van der Waals surface area contributed by atoms with E-state index in [1.165, 1.54) is 0 Å². The summed E-state index contributed by atoms with van der Waals surface area (Å²) in [5.74, 6) is 0. The van der Waals surface area contributed by atoms with Crippen LogP contribution >= 0.6 is 11.8 Å². The number of hydrogen-bond acceptors (Lipinski definition) is 2. The van der Waals surface area contributed by atoms with Gasteiger partial charge in [-0.25, -0.2) is 0 Å². The Labute approximate surface area is 66.4 Å². The predicted octanol–water partition coefficient (Wildman–Crippen LogP) is 2.37. The number of rotatable bonds is 4. The molecule has 2 heteroatoms. The van der Waals surface area contributed by atoms with Gasteiger partial charge in [0.25, 0.3) is 0 Å². The van der Waals surface area contributed by atoms with Crippen molar-refractivity contribution in [3.05, 3.63) is 24.8 Å². The van der Waals surface area contributed by atoms with Crippen molar-refractivity contribution in [3.63, 3.8) is 0 Å². The molecule has 0 heterocycles. The second kappa shape index (κ2) is 6.44. The fourth-order valence-electron chi connectivity index (χ4n) is 0.500. The van der Waals surface area contributed by atoms with Gasteiger partial charge in [0.15, 0.2) is 0 Å². The summed E-state index contributed by atoms with van der Waals surface area (Å²) < 4.78 is 0. The van der Waals surface area contributed by atoms with Gasteiger partial charge in [-0.2, -0.15) is 5.26 Å². The Balaban J connectivity index is 3.56. The fourth-order valence-corrected chi connectivity index (χ4v) is 0.909. The molecule has 1 atom stereocenters. The second-order valence-electron chi connectivity index (χ2n) is 1.75. The van der Waals surface area contributed by atoms with Crippen LogP contribution in [0.15, 0.2) is 24.8 Å². The maximum Gasteiger partial charge on any atom is 0.0948 e. The van der Waals surface area contributed by atoms with Crippen LogP contribution in [-0.4, -0.2) is 11.5 Å². The van der Waals surface area contributed by atoms with Crippen molar-refractivity contribution >= 4 is 11.8 Å². The van der Waals surface area contributed by atoms with E-state index in [-0.39, 0.29) is 5.25 Å². The maximum absolute atomic E-state index is 8.49. The van der Waals surface area contributed by atoms with Crippen molar-refractivity contribution in [2.45, 2.75) is 11.7 Å². The molecule has 0 saturated heterocycles. The molecule has 0 amide bonds. The Bertz CT molecular complexity index is 155. The molecular formula is C8H11NS. The Morgan fingerprint density at radius 2 is 2.50 bits per heavy atom. The molecule has 0 bridgehead atoms. The zero-order valence-electron chi connectivity index (χ0n) is 6.08. The van der Waals surface area contributed by atoms with E-state index in [9.17, 15) is 0 Å². The highest BCUT2D eigenvalue weighted by atomic mass is 32.2. The first-order valence-electron chi connectivity index (χ1n) is 3.05. The first kappa shape index (κ1) is 9.32. The van der Waals surface area contributed by atoms with Crippen LogP contribution in [-0.2, 0) is 0 Å². The molecule has 0 aliphatic rings. The van der Waals surface area contributed by atoms with Crippen molar-refractivity contribution in [1.82, 2.24) is 0 Å². The van der Waals surface area contributed by atoms with Crippen LogP contribution in [0.5, 0.6) is 0 Å². The van der Waals surface area contributed by atoms with Gasteiger partial charge in [0, 0.05) is 0 Å². The highest BCUT2D eigenvalue weighted by Crippen LogP contribution is 2.09. The Kier molecular flexibility index (Phi) is 6.00. The standard InChI is InChI=1S/C8H11NS/c1-3-4-5-6-8(7-9)10-2/h3-5,8H,1,6H2,2H3/b5-4+. The van der Waals surface area contributed by atoms with E-state index in [1.807, 2.05) is 18.4 Å². The second-order valence-corrected chi connectivity index (χ2v) is 2.79. The average molecular weight is 153 g/mol. The fraction of sp³-hybridized carbons (Fsp3) is 0.375. The van der Waals surface area contributed by atoms with Crippen LogP contribution in [0.25, 0.3) is 0 Å².